The molecule has 1 aliphatic carbocycles. The first kappa shape index (κ1) is 6.97. The molecule has 0 bridgehead atoms. The van der Waals surface area contributed by atoms with Gasteiger partial charge in [0.2, 0.25) is 6.43 Å². The molecule has 0 spiro atoms. The van der Waals surface area contributed by atoms with Gasteiger partial charge in [-0.25, -0.2) is 8.78 Å². The van der Waals surface area contributed by atoms with E-state index in [1.165, 1.54) is 0 Å². The largest absolute Gasteiger partial charge is 0.242 e. The zero-order chi connectivity index (χ0) is 7.23. The van der Waals surface area contributed by atoms with Gasteiger partial charge in [-0.05, 0) is 11.3 Å². The lowest BCUT2D eigenvalue weighted by Crippen LogP contribution is -1.99. The van der Waals surface area contributed by atoms with Crippen molar-refractivity contribution in [2.75, 3.05) is 0 Å². The molecule has 0 aromatic heterocycles. The fraction of sp³-hybridized carbons (Fsp3) is 1.00. The van der Waals surface area contributed by atoms with E-state index in [2.05, 4.69) is 0 Å². The first-order chi connectivity index (χ1) is 3.98. The monoisotopic (exact) mass is 134 g/mol. The zero-order valence-electron chi connectivity index (χ0n) is 5.99. The van der Waals surface area contributed by atoms with E-state index in [0.717, 1.165) is 0 Å². The molecule has 0 heterocycles. The second-order valence-electron chi connectivity index (χ2n) is 3.47. The number of halogens is 2. The van der Waals surface area contributed by atoms with Crippen LogP contribution in [-0.2, 0) is 0 Å². The van der Waals surface area contributed by atoms with Crippen molar-refractivity contribution in [3.8, 4) is 0 Å². The van der Waals surface area contributed by atoms with Crippen molar-refractivity contribution in [2.45, 2.75) is 27.2 Å². The van der Waals surface area contributed by atoms with Crippen LogP contribution < -0.4 is 0 Å². The van der Waals surface area contributed by atoms with Crippen molar-refractivity contribution in [1.29, 1.82) is 0 Å². The van der Waals surface area contributed by atoms with Crippen LogP contribution in [0.1, 0.15) is 20.8 Å². The van der Waals surface area contributed by atoms with Crippen LogP contribution in [0.2, 0.25) is 0 Å². The summed E-state index contributed by atoms with van der Waals surface area (Å²) in [6, 6.07) is 0. The minimum Gasteiger partial charge on any atom is -0.210 e. The zero-order valence-corrected chi connectivity index (χ0v) is 5.99. The molecular weight excluding hydrogens is 122 g/mol. The van der Waals surface area contributed by atoms with Gasteiger partial charge in [-0.15, -0.1) is 0 Å². The molecule has 2 atom stereocenters. The van der Waals surface area contributed by atoms with Crippen molar-refractivity contribution in [3.63, 3.8) is 0 Å². The molecular formula is C7H12F2. The van der Waals surface area contributed by atoms with Gasteiger partial charge in [-0.3, -0.25) is 0 Å². The molecule has 0 saturated heterocycles. The highest BCUT2D eigenvalue weighted by Gasteiger charge is 2.59. The van der Waals surface area contributed by atoms with Gasteiger partial charge < -0.3 is 0 Å². The first-order valence-corrected chi connectivity index (χ1v) is 3.26. The molecule has 0 aromatic carbocycles. The summed E-state index contributed by atoms with van der Waals surface area (Å²) in [4.78, 5) is 0. The first-order valence-electron chi connectivity index (χ1n) is 3.26. The van der Waals surface area contributed by atoms with E-state index >= 15 is 0 Å². The van der Waals surface area contributed by atoms with E-state index in [1.54, 1.807) is 0 Å². The smallest absolute Gasteiger partial charge is 0.210 e. The topological polar surface area (TPSA) is 0 Å². The molecule has 1 aliphatic rings. The fourth-order valence-electron chi connectivity index (χ4n) is 1.48. The molecule has 0 aliphatic heterocycles. The Morgan fingerprint density at radius 2 is 1.67 bits per heavy atom. The van der Waals surface area contributed by atoms with Gasteiger partial charge in [0, 0.05) is 5.92 Å². The average Bonchev–Trinajstić information content (AvgIpc) is 2.07. The molecule has 1 saturated carbocycles. The highest BCUT2D eigenvalue weighted by atomic mass is 19.3. The summed E-state index contributed by atoms with van der Waals surface area (Å²) < 4.78 is 23.9. The highest BCUT2D eigenvalue weighted by Crippen LogP contribution is 2.60. The van der Waals surface area contributed by atoms with Gasteiger partial charge in [-0.1, -0.05) is 20.8 Å². The number of hydrogen-bond acceptors (Lipinski definition) is 0. The number of rotatable bonds is 1. The SMILES string of the molecule is CC1C(C(F)F)C1(C)C. The standard InChI is InChI=1S/C7H12F2/c1-4-5(6(8)9)7(4,2)3/h4-6H,1-3H3. The predicted octanol–water partition coefficient (Wildman–Crippen LogP) is 2.54. The van der Waals surface area contributed by atoms with Crippen molar-refractivity contribution in [3.05, 3.63) is 0 Å². The Morgan fingerprint density at radius 3 is 1.67 bits per heavy atom. The normalized spacial score (nSPS) is 39.3. The predicted molar refractivity (Wildman–Crippen MR) is 32.4 cm³/mol. The maximum Gasteiger partial charge on any atom is 0.242 e. The quantitative estimate of drug-likeness (QED) is 0.517. The summed E-state index contributed by atoms with van der Waals surface area (Å²) >= 11 is 0. The Hall–Kier alpha value is -0.140. The van der Waals surface area contributed by atoms with Crippen molar-refractivity contribution in [2.24, 2.45) is 17.3 Å². The Balaban J connectivity index is 2.52. The van der Waals surface area contributed by atoms with Crippen LogP contribution in [-0.4, -0.2) is 6.43 Å². The van der Waals surface area contributed by atoms with Crippen molar-refractivity contribution in [1.82, 2.24) is 0 Å². The van der Waals surface area contributed by atoms with Crippen LogP contribution in [0, 0.1) is 17.3 Å². The molecule has 0 nitrogen and oxygen atoms in total. The molecule has 1 fully saturated rings. The Labute approximate surface area is 54.3 Å². The van der Waals surface area contributed by atoms with E-state index < -0.39 is 6.43 Å². The van der Waals surface area contributed by atoms with Crippen LogP contribution >= 0.6 is 0 Å². The lowest BCUT2D eigenvalue weighted by atomic mass is 10.1. The minimum atomic E-state index is -2.12. The van der Waals surface area contributed by atoms with Gasteiger partial charge in [0.05, 0.1) is 0 Å². The molecule has 0 amide bonds. The van der Waals surface area contributed by atoms with Crippen LogP contribution in [0.15, 0.2) is 0 Å². The molecule has 2 heteroatoms. The molecule has 9 heavy (non-hydrogen) atoms. The summed E-state index contributed by atoms with van der Waals surface area (Å²) in [5.41, 5.74) is -0.103. The summed E-state index contributed by atoms with van der Waals surface area (Å²) in [6.45, 7) is 5.68. The lowest BCUT2D eigenvalue weighted by Gasteiger charge is -1.98. The molecule has 2 unspecified atom stereocenters. The van der Waals surface area contributed by atoms with E-state index in [-0.39, 0.29) is 17.3 Å². The van der Waals surface area contributed by atoms with Gasteiger partial charge in [-0.2, -0.15) is 0 Å². The third kappa shape index (κ3) is 0.846. The number of alkyl halides is 2. The molecule has 1 rings (SSSR count). The third-order valence-electron chi connectivity index (χ3n) is 2.73. The van der Waals surface area contributed by atoms with E-state index in [0.29, 0.717) is 0 Å². The fourth-order valence-corrected chi connectivity index (χ4v) is 1.48. The van der Waals surface area contributed by atoms with Crippen molar-refractivity contribution >= 4 is 0 Å². The van der Waals surface area contributed by atoms with E-state index in [1.807, 2.05) is 20.8 Å². The van der Waals surface area contributed by atoms with Gasteiger partial charge >= 0.3 is 0 Å². The van der Waals surface area contributed by atoms with E-state index in [9.17, 15) is 8.78 Å². The van der Waals surface area contributed by atoms with Crippen LogP contribution in [0.5, 0.6) is 0 Å². The lowest BCUT2D eigenvalue weighted by molar-refractivity contribution is 0.105. The molecule has 54 valence electrons. The molecule has 0 aromatic rings. The maximum atomic E-state index is 12.0. The van der Waals surface area contributed by atoms with Crippen LogP contribution in [0.4, 0.5) is 8.78 Å². The minimum absolute atomic E-state index is 0.103. The Morgan fingerprint density at radius 1 is 1.33 bits per heavy atom. The summed E-state index contributed by atoms with van der Waals surface area (Å²) in [5, 5.41) is 0. The maximum absolute atomic E-state index is 12.0. The number of hydrogen-bond donors (Lipinski definition) is 0. The second kappa shape index (κ2) is 1.68. The van der Waals surface area contributed by atoms with Gasteiger partial charge in [0.25, 0.3) is 0 Å². The average molecular weight is 134 g/mol. The van der Waals surface area contributed by atoms with E-state index in [4.69, 9.17) is 0 Å². The molecule has 0 N–H and O–H groups in total. The van der Waals surface area contributed by atoms with Crippen LogP contribution in [0.25, 0.3) is 0 Å². The Bertz CT molecular complexity index is 118. The molecule has 0 radical (unpaired) electrons. The Kier molecular flexibility index (Phi) is 1.30. The third-order valence-corrected chi connectivity index (χ3v) is 2.73. The van der Waals surface area contributed by atoms with Gasteiger partial charge in [0.1, 0.15) is 0 Å². The summed E-state index contributed by atoms with van der Waals surface area (Å²) in [5.74, 6) is -0.144. The summed E-state index contributed by atoms with van der Waals surface area (Å²) in [7, 11) is 0. The second-order valence-corrected chi connectivity index (χ2v) is 3.47. The highest BCUT2D eigenvalue weighted by molar-refractivity contribution is 5.03. The van der Waals surface area contributed by atoms with Gasteiger partial charge in [0.15, 0.2) is 0 Å². The van der Waals surface area contributed by atoms with Crippen molar-refractivity contribution < 1.29 is 8.78 Å². The summed E-state index contributed by atoms with van der Waals surface area (Å²) in [6.07, 6.45) is -2.12. The van der Waals surface area contributed by atoms with Crippen LogP contribution in [0.3, 0.4) is 0 Å².